The molecule has 0 aliphatic carbocycles. The molecule has 1 aliphatic heterocycles. The van der Waals surface area contributed by atoms with Crippen LogP contribution in [0.25, 0.3) is 0 Å². The number of anilines is 2. The van der Waals surface area contributed by atoms with E-state index in [2.05, 4.69) is 27.5 Å². The number of carbonyl (C=O) groups is 1. The SMILES string of the molecule is CCc1ccc(NC(=O)c2cnc(NC3CCS(=O)(=O)C3)cn2)cc1. The van der Waals surface area contributed by atoms with E-state index in [4.69, 9.17) is 0 Å². The van der Waals surface area contributed by atoms with Crippen molar-refractivity contribution in [2.75, 3.05) is 22.1 Å². The topological polar surface area (TPSA) is 101 Å². The molecule has 1 fully saturated rings. The molecule has 1 aliphatic rings. The number of carbonyl (C=O) groups excluding carboxylic acids is 1. The monoisotopic (exact) mass is 360 g/mol. The Kier molecular flexibility index (Phi) is 4.98. The smallest absolute Gasteiger partial charge is 0.275 e. The van der Waals surface area contributed by atoms with Crippen LogP contribution in [0.2, 0.25) is 0 Å². The molecular formula is C17H20N4O3S. The molecule has 132 valence electrons. The van der Waals surface area contributed by atoms with E-state index in [1.54, 1.807) is 0 Å². The Morgan fingerprint density at radius 3 is 2.52 bits per heavy atom. The summed E-state index contributed by atoms with van der Waals surface area (Å²) in [6, 6.07) is 7.46. The lowest BCUT2D eigenvalue weighted by atomic mass is 10.1. The van der Waals surface area contributed by atoms with Crippen LogP contribution >= 0.6 is 0 Å². The van der Waals surface area contributed by atoms with Crippen LogP contribution in [0, 0.1) is 0 Å². The molecule has 0 radical (unpaired) electrons. The quantitative estimate of drug-likeness (QED) is 0.844. The normalized spacial score (nSPS) is 18.7. The average Bonchev–Trinajstić information content (AvgIpc) is 2.94. The molecule has 1 amide bonds. The van der Waals surface area contributed by atoms with Crippen molar-refractivity contribution in [2.45, 2.75) is 25.8 Å². The van der Waals surface area contributed by atoms with Gasteiger partial charge in [-0.25, -0.2) is 18.4 Å². The number of amides is 1. The van der Waals surface area contributed by atoms with Crippen molar-refractivity contribution in [3.05, 3.63) is 47.9 Å². The largest absolute Gasteiger partial charge is 0.365 e. The maximum atomic E-state index is 12.2. The van der Waals surface area contributed by atoms with Crippen LogP contribution in [0.1, 0.15) is 29.4 Å². The zero-order chi connectivity index (χ0) is 17.9. The van der Waals surface area contributed by atoms with E-state index < -0.39 is 9.84 Å². The molecule has 1 aromatic heterocycles. The zero-order valence-electron chi connectivity index (χ0n) is 13.9. The molecule has 2 aromatic rings. The third-order valence-corrected chi connectivity index (χ3v) is 5.86. The summed E-state index contributed by atoms with van der Waals surface area (Å²) in [5, 5.41) is 5.81. The van der Waals surface area contributed by atoms with E-state index in [1.807, 2.05) is 24.3 Å². The van der Waals surface area contributed by atoms with Crippen LogP contribution < -0.4 is 10.6 Å². The lowest BCUT2D eigenvalue weighted by molar-refractivity contribution is 0.102. The summed E-state index contributed by atoms with van der Waals surface area (Å²) in [5.74, 6) is 0.415. The maximum absolute atomic E-state index is 12.2. The van der Waals surface area contributed by atoms with Crippen molar-refractivity contribution in [3.8, 4) is 0 Å². The van der Waals surface area contributed by atoms with Crippen LogP contribution in [-0.2, 0) is 16.3 Å². The Bertz CT molecular complexity index is 848. The van der Waals surface area contributed by atoms with Crippen LogP contribution in [0.15, 0.2) is 36.7 Å². The average molecular weight is 360 g/mol. The molecule has 1 unspecified atom stereocenters. The van der Waals surface area contributed by atoms with Gasteiger partial charge in [-0.1, -0.05) is 19.1 Å². The number of aromatic nitrogens is 2. The molecule has 7 nitrogen and oxygen atoms in total. The highest BCUT2D eigenvalue weighted by Gasteiger charge is 2.27. The van der Waals surface area contributed by atoms with Gasteiger partial charge < -0.3 is 10.6 Å². The van der Waals surface area contributed by atoms with E-state index >= 15 is 0 Å². The molecule has 1 atom stereocenters. The second-order valence-electron chi connectivity index (χ2n) is 6.04. The highest BCUT2D eigenvalue weighted by molar-refractivity contribution is 7.91. The van der Waals surface area contributed by atoms with Crippen LogP contribution in [0.3, 0.4) is 0 Å². The van der Waals surface area contributed by atoms with Crippen LogP contribution in [0.4, 0.5) is 11.5 Å². The van der Waals surface area contributed by atoms with Crippen LogP contribution in [0.5, 0.6) is 0 Å². The highest BCUT2D eigenvalue weighted by Crippen LogP contribution is 2.16. The summed E-state index contributed by atoms with van der Waals surface area (Å²) >= 11 is 0. The van der Waals surface area contributed by atoms with Gasteiger partial charge in [-0.05, 0) is 30.5 Å². The molecule has 0 bridgehead atoms. The number of nitrogens with one attached hydrogen (secondary N) is 2. The molecule has 0 saturated carbocycles. The highest BCUT2D eigenvalue weighted by atomic mass is 32.2. The van der Waals surface area contributed by atoms with Crippen molar-refractivity contribution >= 4 is 27.2 Å². The Hall–Kier alpha value is -2.48. The van der Waals surface area contributed by atoms with Crippen LogP contribution in [-0.4, -0.2) is 41.8 Å². The van der Waals surface area contributed by atoms with Gasteiger partial charge >= 0.3 is 0 Å². The summed E-state index contributed by atoms with van der Waals surface area (Å²) in [5.41, 5.74) is 2.09. The molecule has 2 N–H and O–H groups in total. The molecule has 1 aromatic carbocycles. The first-order chi connectivity index (χ1) is 11.9. The number of nitrogens with zero attached hydrogens (tertiary/aromatic N) is 2. The van der Waals surface area contributed by atoms with E-state index in [-0.39, 0.29) is 29.1 Å². The first-order valence-corrected chi connectivity index (χ1v) is 9.96. The van der Waals surface area contributed by atoms with Gasteiger partial charge in [-0.2, -0.15) is 0 Å². The zero-order valence-corrected chi connectivity index (χ0v) is 14.7. The third kappa shape index (κ3) is 4.54. The number of benzene rings is 1. The Morgan fingerprint density at radius 2 is 1.96 bits per heavy atom. The first kappa shape index (κ1) is 17.3. The van der Waals surface area contributed by atoms with Gasteiger partial charge in [0, 0.05) is 11.7 Å². The third-order valence-electron chi connectivity index (χ3n) is 4.09. The molecule has 0 spiro atoms. The van der Waals surface area contributed by atoms with Gasteiger partial charge in [-0.15, -0.1) is 0 Å². The van der Waals surface area contributed by atoms with Gasteiger partial charge in [0.2, 0.25) is 0 Å². The summed E-state index contributed by atoms with van der Waals surface area (Å²) in [4.78, 5) is 20.4. The summed E-state index contributed by atoms with van der Waals surface area (Å²) < 4.78 is 22.9. The number of hydrogen-bond acceptors (Lipinski definition) is 6. The van der Waals surface area contributed by atoms with E-state index in [9.17, 15) is 13.2 Å². The van der Waals surface area contributed by atoms with Crippen molar-refractivity contribution in [1.29, 1.82) is 0 Å². The number of sulfone groups is 1. The lowest BCUT2D eigenvalue weighted by Gasteiger charge is -2.11. The first-order valence-electron chi connectivity index (χ1n) is 8.14. The number of rotatable bonds is 5. The lowest BCUT2D eigenvalue weighted by Crippen LogP contribution is -2.22. The molecule has 1 saturated heterocycles. The summed E-state index contributed by atoms with van der Waals surface area (Å²) in [7, 11) is -2.95. The van der Waals surface area contributed by atoms with Gasteiger partial charge in [0.1, 0.15) is 11.5 Å². The second-order valence-corrected chi connectivity index (χ2v) is 8.26. The van der Waals surface area contributed by atoms with E-state index in [0.717, 1.165) is 6.42 Å². The second kappa shape index (κ2) is 7.18. The van der Waals surface area contributed by atoms with Crippen molar-refractivity contribution in [2.24, 2.45) is 0 Å². The van der Waals surface area contributed by atoms with Gasteiger partial charge in [0.15, 0.2) is 9.84 Å². The number of hydrogen-bond donors (Lipinski definition) is 2. The molecule has 3 rings (SSSR count). The van der Waals surface area contributed by atoms with Gasteiger partial charge in [0.25, 0.3) is 5.91 Å². The minimum atomic E-state index is -2.95. The standard InChI is InChI=1S/C17H20N4O3S/c1-2-12-3-5-13(6-4-12)21-17(22)15-9-19-16(10-18-15)20-14-7-8-25(23,24)11-14/h3-6,9-10,14H,2,7-8,11H2,1H3,(H,19,20)(H,21,22). The molecule has 25 heavy (non-hydrogen) atoms. The fourth-order valence-electron chi connectivity index (χ4n) is 2.66. The molecular weight excluding hydrogens is 340 g/mol. The predicted molar refractivity (Wildman–Crippen MR) is 96.5 cm³/mol. The minimum Gasteiger partial charge on any atom is -0.365 e. The van der Waals surface area contributed by atoms with Gasteiger partial charge in [-0.3, -0.25) is 4.79 Å². The Morgan fingerprint density at radius 1 is 1.20 bits per heavy atom. The summed E-state index contributed by atoms with van der Waals surface area (Å²) in [6.45, 7) is 2.07. The van der Waals surface area contributed by atoms with E-state index in [1.165, 1.54) is 18.0 Å². The Labute approximate surface area is 146 Å². The summed E-state index contributed by atoms with van der Waals surface area (Å²) in [6.07, 6.45) is 4.32. The van der Waals surface area contributed by atoms with Crippen molar-refractivity contribution in [1.82, 2.24) is 9.97 Å². The predicted octanol–water partition coefficient (Wildman–Crippen LogP) is 1.89. The van der Waals surface area contributed by atoms with Gasteiger partial charge in [0.05, 0.1) is 23.9 Å². The minimum absolute atomic E-state index is 0.102. The molecule has 2 heterocycles. The Balaban J connectivity index is 1.60. The fourth-order valence-corrected chi connectivity index (χ4v) is 4.33. The maximum Gasteiger partial charge on any atom is 0.275 e. The molecule has 8 heteroatoms. The van der Waals surface area contributed by atoms with E-state index in [0.29, 0.717) is 17.9 Å². The van der Waals surface area contributed by atoms with Crippen molar-refractivity contribution in [3.63, 3.8) is 0 Å². The van der Waals surface area contributed by atoms with Crippen molar-refractivity contribution < 1.29 is 13.2 Å². The fraction of sp³-hybridized carbons (Fsp3) is 0.353. The number of aryl methyl sites for hydroxylation is 1.